The van der Waals surface area contributed by atoms with Gasteiger partial charge in [0.15, 0.2) is 5.92 Å². The molecular weight excluding hydrogens is 472 g/mol. The standard InChI is InChI=1S/C34H66O4/c1-2-3-4-5-6-7-8-9-10-11-12-13-14-15-16-17-18-19-20-21-22-23-24-25-26-27-28-29-30-31-32(33(35)36)34(37)38/h32H,2-31H2,1H3,(H,35,36)(H,37,38). The average Bonchev–Trinajstić information content (AvgIpc) is 2.89. The van der Waals surface area contributed by atoms with Crippen molar-refractivity contribution >= 4 is 11.9 Å². The Morgan fingerprint density at radius 2 is 0.553 bits per heavy atom. The number of unbranched alkanes of at least 4 members (excludes halogenated alkanes) is 28. The van der Waals surface area contributed by atoms with Crippen LogP contribution in [0, 0.1) is 5.92 Å². The summed E-state index contributed by atoms with van der Waals surface area (Å²) in [4.78, 5) is 21.7. The highest BCUT2D eigenvalue weighted by atomic mass is 16.4. The second-order valence-electron chi connectivity index (χ2n) is 11.9. The van der Waals surface area contributed by atoms with Gasteiger partial charge in [0.25, 0.3) is 0 Å². The first-order valence-electron chi connectivity index (χ1n) is 17.0. The molecule has 0 aromatic carbocycles. The van der Waals surface area contributed by atoms with E-state index < -0.39 is 17.9 Å². The molecule has 0 saturated heterocycles. The molecule has 0 amide bonds. The third-order valence-corrected chi connectivity index (χ3v) is 8.19. The molecule has 38 heavy (non-hydrogen) atoms. The van der Waals surface area contributed by atoms with Crippen LogP contribution >= 0.6 is 0 Å². The molecule has 0 aromatic heterocycles. The van der Waals surface area contributed by atoms with Crippen molar-refractivity contribution in [2.45, 2.75) is 200 Å². The van der Waals surface area contributed by atoms with E-state index in [-0.39, 0.29) is 6.42 Å². The van der Waals surface area contributed by atoms with E-state index in [2.05, 4.69) is 6.92 Å². The Morgan fingerprint density at radius 1 is 0.368 bits per heavy atom. The minimum absolute atomic E-state index is 0.254. The maximum Gasteiger partial charge on any atom is 0.317 e. The zero-order valence-corrected chi connectivity index (χ0v) is 25.5. The van der Waals surface area contributed by atoms with Crippen LogP contribution in [-0.4, -0.2) is 22.2 Å². The molecule has 0 heterocycles. The van der Waals surface area contributed by atoms with Crippen LogP contribution < -0.4 is 0 Å². The molecular formula is C34H66O4. The summed E-state index contributed by atoms with van der Waals surface area (Å²) in [6.07, 6.45) is 39.6. The number of carbonyl (C=O) groups is 2. The van der Waals surface area contributed by atoms with Gasteiger partial charge in [-0.05, 0) is 6.42 Å². The second-order valence-corrected chi connectivity index (χ2v) is 11.9. The molecule has 0 atom stereocenters. The van der Waals surface area contributed by atoms with Crippen LogP contribution in [0.15, 0.2) is 0 Å². The molecule has 0 bridgehead atoms. The molecule has 2 N–H and O–H groups in total. The van der Waals surface area contributed by atoms with Gasteiger partial charge in [-0.2, -0.15) is 0 Å². The Bertz CT molecular complexity index is 491. The summed E-state index contributed by atoms with van der Waals surface area (Å²) in [5, 5.41) is 17.7. The molecule has 0 aliphatic rings. The lowest BCUT2D eigenvalue weighted by molar-refractivity contribution is -0.154. The van der Waals surface area contributed by atoms with Crippen LogP contribution in [0.25, 0.3) is 0 Å². The predicted molar refractivity (Wildman–Crippen MR) is 163 cm³/mol. The molecule has 0 aliphatic carbocycles. The molecule has 0 saturated carbocycles. The third kappa shape index (κ3) is 28.0. The minimum atomic E-state index is -1.23. The first-order chi connectivity index (χ1) is 18.6. The Hall–Kier alpha value is -1.06. The highest BCUT2D eigenvalue weighted by molar-refractivity contribution is 5.92. The number of hydrogen-bond donors (Lipinski definition) is 2. The highest BCUT2D eigenvalue weighted by Crippen LogP contribution is 2.17. The van der Waals surface area contributed by atoms with Gasteiger partial charge < -0.3 is 10.2 Å². The smallest absolute Gasteiger partial charge is 0.317 e. The molecule has 0 radical (unpaired) electrons. The van der Waals surface area contributed by atoms with Gasteiger partial charge in [0.05, 0.1) is 0 Å². The van der Waals surface area contributed by atoms with Crippen molar-refractivity contribution in [3.05, 3.63) is 0 Å². The van der Waals surface area contributed by atoms with Gasteiger partial charge in [0.2, 0.25) is 0 Å². The third-order valence-electron chi connectivity index (χ3n) is 8.19. The van der Waals surface area contributed by atoms with E-state index in [0.29, 0.717) is 6.42 Å². The number of rotatable bonds is 32. The van der Waals surface area contributed by atoms with Crippen molar-refractivity contribution in [2.75, 3.05) is 0 Å². The van der Waals surface area contributed by atoms with E-state index in [0.717, 1.165) is 12.8 Å². The van der Waals surface area contributed by atoms with E-state index in [1.165, 1.54) is 167 Å². The SMILES string of the molecule is CCCCCCCCCCCCCCCCCCCCCCCCCCCCCCCC(C(=O)O)C(=O)O. The van der Waals surface area contributed by atoms with E-state index in [1.807, 2.05) is 0 Å². The molecule has 0 unspecified atom stereocenters. The van der Waals surface area contributed by atoms with Crippen LogP contribution in [0.5, 0.6) is 0 Å². The lowest BCUT2D eigenvalue weighted by Crippen LogP contribution is -2.23. The molecule has 0 spiro atoms. The first kappa shape index (κ1) is 36.9. The van der Waals surface area contributed by atoms with Crippen LogP contribution in [0.1, 0.15) is 200 Å². The normalized spacial score (nSPS) is 11.4. The lowest BCUT2D eigenvalue weighted by Gasteiger charge is -2.07. The largest absolute Gasteiger partial charge is 0.481 e. The van der Waals surface area contributed by atoms with Crippen molar-refractivity contribution in [1.82, 2.24) is 0 Å². The monoisotopic (exact) mass is 538 g/mol. The van der Waals surface area contributed by atoms with Crippen molar-refractivity contribution in [3.63, 3.8) is 0 Å². The van der Waals surface area contributed by atoms with Crippen LogP contribution in [-0.2, 0) is 9.59 Å². The quantitative estimate of drug-likeness (QED) is 0.0659. The van der Waals surface area contributed by atoms with Gasteiger partial charge in [-0.3, -0.25) is 9.59 Å². The van der Waals surface area contributed by atoms with Gasteiger partial charge in [-0.25, -0.2) is 0 Å². The van der Waals surface area contributed by atoms with Crippen LogP contribution in [0.4, 0.5) is 0 Å². The summed E-state index contributed by atoms with van der Waals surface area (Å²) in [6, 6.07) is 0. The lowest BCUT2D eigenvalue weighted by atomic mass is 10.00. The fraction of sp³-hybridized carbons (Fsp3) is 0.941. The van der Waals surface area contributed by atoms with Gasteiger partial charge in [-0.1, -0.05) is 193 Å². The van der Waals surface area contributed by atoms with Gasteiger partial charge >= 0.3 is 11.9 Å². The predicted octanol–water partition coefficient (Wildman–Crippen LogP) is 11.5. The van der Waals surface area contributed by atoms with E-state index in [4.69, 9.17) is 10.2 Å². The number of carboxylic acid groups (broad SMARTS) is 2. The Morgan fingerprint density at radius 3 is 0.737 bits per heavy atom. The zero-order valence-electron chi connectivity index (χ0n) is 25.5. The summed E-state index contributed by atoms with van der Waals surface area (Å²) in [5.41, 5.74) is 0. The number of aliphatic carboxylic acids is 2. The van der Waals surface area contributed by atoms with Crippen LogP contribution in [0.2, 0.25) is 0 Å². The Labute approximate surface area is 237 Å². The summed E-state index contributed by atoms with van der Waals surface area (Å²) < 4.78 is 0. The minimum Gasteiger partial charge on any atom is -0.481 e. The van der Waals surface area contributed by atoms with Gasteiger partial charge in [-0.15, -0.1) is 0 Å². The maximum atomic E-state index is 10.8. The Balaban J connectivity index is 3.13. The highest BCUT2D eigenvalue weighted by Gasteiger charge is 2.24. The molecule has 4 heteroatoms. The van der Waals surface area contributed by atoms with Crippen LogP contribution in [0.3, 0.4) is 0 Å². The zero-order chi connectivity index (χ0) is 27.9. The fourth-order valence-electron chi connectivity index (χ4n) is 5.55. The average molecular weight is 539 g/mol. The molecule has 4 nitrogen and oxygen atoms in total. The summed E-state index contributed by atoms with van der Waals surface area (Å²) in [7, 11) is 0. The number of hydrogen-bond acceptors (Lipinski definition) is 2. The van der Waals surface area contributed by atoms with Crippen molar-refractivity contribution in [3.8, 4) is 0 Å². The van der Waals surface area contributed by atoms with Crippen molar-refractivity contribution in [1.29, 1.82) is 0 Å². The molecule has 0 aliphatic heterocycles. The van der Waals surface area contributed by atoms with Gasteiger partial charge in [0.1, 0.15) is 0 Å². The Kier molecular flexibility index (Phi) is 29.6. The summed E-state index contributed by atoms with van der Waals surface area (Å²) in [5.74, 6) is -3.65. The number of carboxylic acids is 2. The van der Waals surface area contributed by atoms with Crippen molar-refractivity contribution in [2.24, 2.45) is 5.92 Å². The summed E-state index contributed by atoms with van der Waals surface area (Å²) in [6.45, 7) is 2.29. The topological polar surface area (TPSA) is 74.6 Å². The van der Waals surface area contributed by atoms with Crippen molar-refractivity contribution < 1.29 is 19.8 Å². The summed E-state index contributed by atoms with van der Waals surface area (Å²) >= 11 is 0. The maximum absolute atomic E-state index is 10.8. The fourth-order valence-corrected chi connectivity index (χ4v) is 5.55. The molecule has 0 fully saturated rings. The molecule has 226 valence electrons. The second kappa shape index (κ2) is 30.5. The molecule has 0 rings (SSSR count). The van der Waals surface area contributed by atoms with E-state index in [9.17, 15) is 9.59 Å². The van der Waals surface area contributed by atoms with E-state index >= 15 is 0 Å². The van der Waals surface area contributed by atoms with E-state index in [1.54, 1.807) is 0 Å². The molecule has 0 aromatic rings. The van der Waals surface area contributed by atoms with Gasteiger partial charge in [0, 0.05) is 0 Å². The first-order valence-corrected chi connectivity index (χ1v) is 17.0.